The van der Waals surface area contributed by atoms with Crippen molar-refractivity contribution in [2.45, 2.75) is 53.1 Å². The van der Waals surface area contributed by atoms with Crippen molar-refractivity contribution in [2.75, 3.05) is 24.0 Å². The van der Waals surface area contributed by atoms with E-state index in [9.17, 15) is 14.4 Å². The van der Waals surface area contributed by atoms with Gasteiger partial charge in [-0.1, -0.05) is 48.5 Å². The second-order valence-corrected chi connectivity index (χ2v) is 13.0. The van der Waals surface area contributed by atoms with Gasteiger partial charge in [0.2, 0.25) is 0 Å². The first-order chi connectivity index (χ1) is 25.7. The predicted octanol–water partition coefficient (Wildman–Crippen LogP) is 6.22. The molecule has 3 N–H and O–H groups in total. The number of anilines is 2. The highest BCUT2D eigenvalue weighted by Gasteiger charge is 2.26. The number of aryl methyl sites for hydroxylation is 2. The van der Waals surface area contributed by atoms with Gasteiger partial charge in [0.25, 0.3) is 5.91 Å². The third-order valence-corrected chi connectivity index (χ3v) is 9.45. The topological polar surface area (TPSA) is 146 Å². The molecule has 0 aliphatic carbocycles. The van der Waals surface area contributed by atoms with Gasteiger partial charge in [-0.05, 0) is 88.7 Å². The fourth-order valence-electron chi connectivity index (χ4n) is 6.67. The van der Waals surface area contributed by atoms with Gasteiger partial charge in [0.1, 0.15) is 11.6 Å². The number of ether oxygens (including phenoxy) is 2. The molecule has 0 unspecified atom stereocenters. The molecule has 0 bridgehead atoms. The lowest BCUT2D eigenvalue weighted by molar-refractivity contribution is 0.0590. The summed E-state index contributed by atoms with van der Waals surface area (Å²) in [6.45, 7) is 8.44. The van der Waals surface area contributed by atoms with Gasteiger partial charge in [-0.2, -0.15) is 0 Å². The molecule has 280 valence electrons. The minimum absolute atomic E-state index is 0. The third kappa shape index (κ3) is 8.69. The number of pyridine rings is 2. The normalized spacial score (nSPS) is 13.1. The Balaban J connectivity index is 0.000000158. The summed E-state index contributed by atoms with van der Waals surface area (Å²) in [6, 6.07) is 25.1. The average molecular weight is 751 g/mol. The molecule has 1 amide bonds. The fraction of sp³-hybridized carbons (Fsp3) is 0.244. The molecule has 0 saturated heterocycles. The molecule has 13 heteroatoms. The van der Waals surface area contributed by atoms with Gasteiger partial charge in [0.15, 0.2) is 0 Å². The minimum atomic E-state index is -0.472. The van der Waals surface area contributed by atoms with Gasteiger partial charge in [0, 0.05) is 57.2 Å². The molecule has 0 fully saturated rings. The maximum absolute atomic E-state index is 11.8. The Kier molecular flexibility index (Phi) is 13.0. The molecular formula is C41H43ClN6O6. The number of hydrogen-bond donors (Lipinski definition) is 3. The summed E-state index contributed by atoms with van der Waals surface area (Å²) < 4.78 is 9.54. The Morgan fingerprint density at radius 1 is 0.630 bits per heavy atom. The van der Waals surface area contributed by atoms with Gasteiger partial charge >= 0.3 is 11.9 Å². The van der Waals surface area contributed by atoms with Crippen molar-refractivity contribution in [2.24, 2.45) is 0 Å². The number of nitrogens with one attached hydrogen (secondary N) is 2. The van der Waals surface area contributed by atoms with Crippen molar-refractivity contribution < 1.29 is 29.1 Å². The summed E-state index contributed by atoms with van der Waals surface area (Å²) in [5, 5.41) is 12.0. The number of amides is 1. The van der Waals surface area contributed by atoms with Gasteiger partial charge < -0.3 is 24.6 Å². The van der Waals surface area contributed by atoms with Crippen LogP contribution in [0.25, 0.3) is 0 Å². The Morgan fingerprint density at radius 2 is 1.09 bits per heavy atom. The van der Waals surface area contributed by atoms with Gasteiger partial charge in [-0.3, -0.25) is 10.0 Å². The number of aromatic nitrogens is 2. The summed E-state index contributed by atoms with van der Waals surface area (Å²) in [6.07, 6.45) is 3.69. The molecule has 0 atom stereocenters. The fourth-order valence-corrected chi connectivity index (χ4v) is 6.67. The molecule has 5 aromatic rings. The molecule has 3 aliphatic heterocycles. The molecule has 8 rings (SSSR count). The first kappa shape index (κ1) is 39.4. The van der Waals surface area contributed by atoms with E-state index >= 15 is 0 Å². The lowest BCUT2D eigenvalue weighted by atomic mass is 10.0. The summed E-state index contributed by atoms with van der Waals surface area (Å²) in [5.74, 6) is 0.825. The van der Waals surface area contributed by atoms with Crippen LogP contribution in [-0.4, -0.2) is 47.2 Å². The van der Waals surface area contributed by atoms with E-state index in [1.54, 1.807) is 17.6 Å². The minimum Gasteiger partial charge on any atom is -0.465 e. The summed E-state index contributed by atoms with van der Waals surface area (Å²) in [4.78, 5) is 47.9. The van der Waals surface area contributed by atoms with Crippen LogP contribution >= 0.6 is 12.4 Å². The quantitative estimate of drug-likeness (QED) is 0.107. The zero-order chi connectivity index (χ0) is 37.5. The molecule has 5 heterocycles. The Hall–Kier alpha value is -5.82. The monoisotopic (exact) mass is 750 g/mol. The number of rotatable bonds is 5. The van der Waals surface area contributed by atoms with Crippen LogP contribution in [0.5, 0.6) is 0 Å². The summed E-state index contributed by atoms with van der Waals surface area (Å²) in [7, 11) is 2.82. The predicted molar refractivity (Wildman–Crippen MR) is 207 cm³/mol. The molecule has 0 spiro atoms. The van der Waals surface area contributed by atoms with Crippen LogP contribution in [-0.2, 0) is 48.7 Å². The summed E-state index contributed by atoms with van der Waals surface area (Å²) in [5.41, 5.74) is 12.3. The van der Waals surface area contributed by atoms with Crippen molar-refractivity contribution in [1.82, 2.24) is 20.8 Å². The van der Waals surface area contributed by atoms with E-state index in [-0.39, 0.29) is 24.3 Å². The molecule has 0 radical (unpaired) electrons. The van der Waals surface area contributed by atoms with Crippen molar-refractivity contribution in [1.29, 1.82) is 0 Å². The van der Waals surface area contributed by atoms with E-state index in [1.807, 2.05) is 86.9 Å². The molecule has 12 nitrogen and oxygen atoms in total. The van der Waals surface area contributed by atoms with Crippen molar-refractivity contribution >= 4 is 41.9 Å². The number of nitrogens with zero attached hydrogens (tertiary/aromatic N) is 4. The lowest BCUT2D eigenvalue weighted by Crippen LogP contribution is -2.21. The zero-order valence-corrected chi connectivity index (χ0v) is 31.4. The lowest BCUT2D eigenvalue weighted by Gasteiger charge is -2.16. The maximum Gasteiger partial charge on any atom is 0.338 e. The van der Waals surface area contributed by atoms with Crippen LogP contribution in [0.4, 0.5) is 11.6 Å². The van der Waals surface area contributed by atoms with E-state index in [0.717, 1.165) is 76.8 Å². The van der Waals surface area contributed by atoms with Crippen molar-refractivity contribution in [3.05, 3.63) is 152 Å². The van der Waals surface area contributed by atoms with Crippen molar-refractivity contribution in [3.63, 3.8) is 0 Å². The Bertz CT molecular complexity index is 2010. The molecular weight excluding hydrogens is 708 g/mol. The van der Waals surface area contributed by atoms with E-state index in [0.29, 0.717) is 29.8 Å². The molecule has 2 aromatic heterocycles. The molecule has 3 aromatic carbocycles. The van der Waals surface area contributed by atoms with Gasteiger partial charge in [-0.15, -0.1) is 12.4 Å². The first-order valence-corrected chi connectivity index (χ1v) is 17.2. The van der Waals surface area contributed by atoms with E-state index in [4.69, 9.17) is 14.7 Å². The second kappa shape index (κ2) is 17.8. The van der Waals surface area contributed by atoms with E-state index < -0.39 is 5.91 Å². The third-order valence-electron chi connectivity index (χ3n) is 9.45. The number of methoxy groups -OCH3 is 2. The Labute approximate surface area is 320 Å². The van der Waals surface area contributed by atoms with Crippen molar-refractivity contribution in [3.8, 4) is 0 Å². The smallest absolute Gasteiger partial charge is 0.338 e. The Morgan fingerprint density at radius 3 is 1.56 bits per heavy atom. The number of hydrogen-bond acceptors (Lipinski definition) is 11. The number of carbonyl (C=O) groups is 3. The van der Waals surface area contributed by atoms with Crippen LogP contribution < -0.4 is 20.6 Å². The average Bonchev–Trinajstić information content (AvgIpc) is 3.96. The largest absolute Gasteiger partial charge is 0.465 e. The number of fused-ring (bicyclic) bond motifs is 3. The number of halogens is 1. The molecule has 54 heavy (non-hydrogen) atoms. The number of esters is 2. The highest BCUT2D eigenvalue weighted by Crippen LogP contribution is 2.31. The second-order valence-electron chi connectivity index (χ2n) is 13.0. The molecule has 0 saturated carbocycles. The maximum atomic E-state index is 11.8. The van der Waals surface area contributed by atoms with Gasteiger partial charge in [-0.25, -0.2) is 25.0 Å². The highest BCUT2D eigenvalue weighted by atomic mass is 35.5. The first-order valence-electron chi connectivity index (χ1n) is 17.2. The summed E-state index contributed by atoms with van der Waals surface area (Å²) >= 11 is 0. The zero-order valence-electron chi connectivity index (χ0n) is 30.6. The molecule has 3 aliphatic rings. The van der Waals surface area contributed by atoms with Crippen LogP contribution in [0.3, 0.4) is 0 Å². The number of carbonyl (C=O) groups excluding carboxylic acids is 3. The standard InChI is InChI=1S/C16H16N2O2.C15H15N3O2.C10H11NO2.ClH/c1-11-6-7-15(17-8-11)18-9-12-4-3-5-13(14(12)10-18)16(19)20-2;1-10-5-6-14(16-7-10)18-8-11-3-2-4-12(13(11)9-18)15(19)17-20;1-13-10(12)8-4-2-3-7-5-11-6-9(7)8;/h3-8H,9-10H2,1-2H3;2-7,20H,8-9H2,1H3,(H,17,19);2-4,11H,5-6H2,1H3;1H. The van der Waals surface area contributed by atoms with Gasteiger partial charge in [0.05, 0.1) is 25.3 Å². The SMILES string of the molecule is COC(=O)c1cccc2c1CN(c1ccc(C)cn1)C2.COC(=O)c1cccc2c1CNC2.Cc1ccc(N2Cc3cccc(C(=O)NO)c3C2)nc1.Cl. The van der Waals surface area contributed by atoms with Crippen LogP contribution in [0.1, 0.15) is 75.6 Å². The van der Waals surface area contributed by atoms with Crippen LogP contribution in [0.2, 0.25) is 0 Å². The number of hydroxylamine groups is 1. The van der Waals surface area contributed by atoms with Crippen LogP contribution in [0, 0.1) is 13.8 Å². The number of benzene rings is 3. The van der Waals surface area contributed by atoms with E-state index in [1.165, 1.54) is 19.8 Å². The van der Waals surface area contributed by atoms with Crippen LogP contribution in [0.15, 0.2) is 91.3 Å². The van der Waals surface area contributed by atoms with E-state index in [2.05, 4.69) is 31.2 Å². The highest BCUT2D eigenvalue weighted by molar-refractivity contribution is 5.95.